The van der Waals surface area contributed by atoms with Gasteiger partial charge in [0.15, 0.2) is 0 Å². The fourth-order valence-corrected chi connectivity index (χ4v) is 3.62. The van der Waals surface area contributed by atoms with E-state index in [-0.39, 0.29) is 16.8 Å². The maximum Gasteiger partial charge on any atom is 0.323 e. The molecular formula is C15H19N3O5S. The van der Waals surface area contributed by atoms with Crippen LogP contribution in [-0.4, -0.2) is 54.8 Å². The molecule has 1 heterocycles. The summed E-state index contributed by atoms with van der Waals surface area (Å²) in [6, 6.07) is 5.09. The number of nitrogens with zero attached hydrogens (tertiary/aromatic N) is 2. The van der Waals surface area contributed by atoms with Gasteiger partial charge in [0.25, 0.3) is 10.0 Å². The molecule has 24 heavy (non-hydrogen) atoms. The molecule has 1 aromatic carbocycles. The van der Waals surface area contributed by atoms with Crippen LogP contribution in [0.1, 0.15) is 26.3 Å². The fraction of sp³-hybridized carbons (Fsp3) is 0.400. The number of sulfonamides is 1. The molecule has 0 aromatic heterocycles. The van der Waals surface area contributed by atoms with Crippen LogP contribution in [0, 0.1) is 0 Å². The van der Waals surface area contributed by atoms with Gasteiger partial charge in [-0.1, -0.05) is 12.1 Å². The van der Waals surface area contributed by atoms with Gasteiger partial charge in [0.05, 0.1) is 4.90 Å². The van der Waals surface area contributed by atoms with Crippen molar-refractivity contribution in [3.63, 3.8) is 0 Å². The Morgan fingerprint density at radius 2 is 1.88 bits per heavy atom. The van der Waals surface area contributed by atoms with Crippen molar-refractivity contribution in [3.8, 4) is 0 Å². The predicted octanol–water partition coefficient (Wildman–Crippen LogP) is 0.435. The minimum absolute atomic E-state index is 0.0884. The number of fused-ring (bicyclic) bond motifs is 1. The van der Waals surface area contributed by atoms with Gasteiger partial charge >= 0.3 is 5.97 Å². The van der Waals surface area contributed by atoms with Crippen molar-refractivity contribution in [1.82, 2.24) is 9.62 Å². The Morgan fingerprint density at radius 1 is 1.25 bits per heavy atom. The number of amidine groups is 1. The van der Waals surface area contributed by atoms with Crippen molar-refractivity contribution in [3.05, 3.63) is 29.8 Å². The van der Waals surface area contributed by atoms with Crippen LogP contribution in [-0.2, 0) is 19.6 Å². The number of hydrogen-bond donors (Lipinski definition) is 2. The lowest BCUT2D eigenvalue weighted by atomic mass is 10.2. The Balaban J connectivity index is 2.31. The molecule has 130 valence electrons. The van der Waals surface area contributed by atoms with Crippen molar-refractivity contribution in [2.75, 3.05) is 6.54 Å². The van der Waals surface area contributed by atoms with Crippen LogP contribution in [0.5, 0.6) is 0 Å². The van der Waals surface area contributed by atoms with Crippen LogP contribution >= 0.6 is 0 Å². The van der Waals surface area contributed by atoms with Gasteiger partial charge in [-0.25, -0.2) is 8.42 Å². The molecule has 1 aliphatic rings. The van der Waals surface area contributed by atoms with Gasteiger partial charge in [-0.15, -0.1) is 0 Å². The van der Waals surface area contributed by atoms with E-state index in [1.165, 1.54) is 17.9 Å². The number of carboxylic acid groups (broad SMARTS) is 1. The van der Waals surface area contributed by atoms with Gasteiger partial charge in [0.2, 0.25) is 5.91 Å². The van der Waals surface area contributed by atoms with Gasteiger partial charge in [-0.05, 0) is 32.9 Å². The second kappa shape index (κ2) is 6.60. The molecule has 2 N–H and O–H groups in total. The first-order valence-corrected chi connectivity index (χ1v) is 8.84. The molecule has 2 rings (SSSR count). The quantitative estimate of drug-likeness (QED) is 0.796. The number of carboxylic acids is 1. The summed E-state index contributed by atoms with van der Waals surface area (Å²) < 4.78 is 26.4. The molecule has 1 aromatic rings. The zero-order valence-corrected chi connectivity index (χ0v) is 14.4. The molecule has 0 aliphatic carbocycles. The third-order valence-corrected chi connectivity index (χ3v) is 4.95. The van der Waals surface area contributed by atoms with Crippen LogP contribution in [0.15, 0.2) is 34.2 Å². The number of amides is 1. The second-order valence-corrected chi connectivity index (χ2v) is 7.36. The van der Waals surface area contributed by atoms with E-state index in [1.807, 2.05) is 0 Å². The number of nitrogens with one attached hydrogen (secondary N) is 1. The Hall–Kier alpha value is -2.42. The first-order chi connectivity index (χ1) is 11.1. The third-order valence-electron chi connectivity index (χ3n) is 3.55. The summed E-state index contributed by atoms with van der Waals surface area (Å²) >= 11 is 0. The average Bonchev–Trinajstić information content (AvgIpc) is 2.75. The van der Waals surface area contributed by atoms with Crippen molar-refractivity contribution >= 4 is 27.7 Å². The number of carbonyl (C=O) groups is 2. The highest BCUT2D eigenvalue weighted by molar-refractivity contribution is 7.90. The first-order valence-electron chi connectivity index (χ1n) is 7.35. The molecule has 9 heteroatoms. The standard InChI is InChI=1S/C15H19N3O5S/c1-9(2)18(8-13(19)20)15(21)10(3)16-14-11-6-4-5-7-12(11)24(22,23)17-14/h4-7,9-10H,8H2,1-3H3,(H,16,17)(H,19,20). The Labute approximate surface area is 140 Å². The highest BCUT2D eigenvalue weighted by Gasteiger charge is 2.32. The van der Waals surface area contributed by atoms with Crippen LogP contribution in [0.2, 0.25) is 0 Å². The summed E-state index contributed by atoms with van der Waals surface area (Å²) in [5.41, 5.74) is 0.395. The zero-order chi connectivity index (χ0) is 18.1. The third kappa shape index (κ3) is 3.56. The Bertz CT molecular complexity index is 801. The molecule has 0 saturated carbocycles. The van der Waals surface area contributed by atoms with E-state index in [0.717, 1.165) is 0 Å². The number of hydrogen-bond acceptors (Lipinski definition) is 5. The highest BCUT2D eigenvalue weighted by Crippen LogP contribution is 2.22. The number of benzene rings is 1. The molecule has 1 atom stereocenters. The van der Waals surface area contributed by atoms with Gasteiger partial charge < -0.3 is 10.0 Å². The van der Waals surface area contributed by atoms with Crippen LogP contribution in [0.4, 0.5) is 0 Å². The summed E-state index contributed by atoms with van der Waals surface area (Å²) in [7, 11) is -3.68. The van der Waals surface area contributed by atoms with E-state index >= 15 is 0 Å². The Kier molecular flexibility index (Phi) is 4.93. The molecule has 1 aliphatic heterocycles. The molecule has 0 fully saturated rings. The summed E-state index contributed by atoms with van der Waals surface area (Å²) in [6.07, 6.45) is 0. The molecule has 0 spiro atoms. The van der Waals surface area contributed by atoms with Crippen molar-refractivity contribution in [1.29, 1.82) is 0 Å². The minimum atomic E-state index is -3.68. The lowest BCUT2D eigenvalue weighted by Gasteiger charge is -2.26. The van der Waals surface area contributed by atoms with Gasteiger partial charge in [0, 0.05) is 11.6 Å². The average molecular weight is 353 g/mol. The molecular weight excluding hydrogens is 334 g/mol. The smallest absolute Gasteiger partial charge is 0.323 e. The summed E-state index contributed by atoms with van der Waals surface area (Å²) in [6.45, 7) is 4.47. The monoisotopic (exact) mass is 353 g/mol. The van der Waals surface area contributed by atoms with Crippen LogP contribution in [0.25, 0.3) is 0 Å². The van der Waals surface area contributed by atoms with Gasteiger partial charge in [-0.3, -0.25) is 19.3 Å². The molecule has 0 radical (unpaired) electrons. The molecule has 0 bridgehead atoms. The van der Waals surface area contributed by atoms with E-state index < -0.39 is 34.5 Å². The van der Waals surface area contributed by atoms with Crippen molar-refractivity contribution in [2.24, 2.45) is 4.99 Å². The normalized spacial score (nSPS) is 18.1. The largest absolute Gasteiger partial charge is 0.480 e. The van der Waals surface area contributed by atoms with Crippen molar-refractivity contribution < 1.29 is 23.1 Å². The van der Waals surface area contributed by atoms with Crippen LogP contribution < -0.4 is 4.72 Å². The maximum atomic E-state index is 12.5. The lowest BCUT2D eigenvalue weighted by Crippen LogP contribution is -2.45. The fourth-order valence-electron chi connectivity index (χ4n) is 2.38. The first kappa shape index (κ1) is 17.9. The number of aliphatic imine (C=N–C) groups is 1. The SMILES string of the molecule is CC(N=C1NS(=O)(=O)c2ccccc21)C(=O)N(CC(=O)O)C(C)C. The lowest BCUT2D eigenvalue weighted by molar-refractivity contribution is -0.146. The topological polar surface area (TPSA) is 116 Å². The van der Waals surface area contributed by atoms with Crippen molar-refractivity contribution in [2.45, 2.75) is 37.8 Å². The van der Waals surface area contributed by atoms with E-state index in [4.69, 9.17) is 5.11 Å². The zero-order valence-electron chi connectivity index (χ0n) is 13.6. The van der Waals surface area contributed by atoms with E-state index in [9.17, 15) is 18.0 Å². The summed E-state index contributed by atoms with van der Waals surface area (Å²) in [5, 5.41) is 8.93. The number of carbonyl (C=O) groups excluding carboxylic acids is 1. The van der Waals surface area contributed by atoms with E-state index in [1.54, 1.807) is 32.0 Å². The highest BCUT2D eigenvalue weighted by atomic mass is 32.2. The Morgan fingerprint density at radius 3 is 2.46 bits per heavy atom. The maximum absolute atomic E-state index is 12.5. The summed E-state index contributed by atoms with van der Waals surface area (Å²) in [4.78, 5) is 28.8. The molecule has 1 unspecified atom stereocenters. The molecule has 0 saturated heterocycles. The van der Waals surface area contributed by atoms with Gasteiger partial charge in [0.1, 0.15) is 18.4 Å². The molecule has 8 nitrogen and oxygen atoms in total. The predicted molar refractivity (Wildman–Crippen MR) is 87.2 cm³/mol. The molecule has 1 amide bonds. The van der Waals surface area contributed by atoms with E-state index in [0.29, 0.717) is 5.56 Å². The summed E-state index contributed by atoms with van der Waals surface area (Å²) in [5.74, 6) is -1.52. The number of aliphatic carboxylic acids is 1. The van der Waals surface area contributed by atoms with E-state index in [2.05, 4.69) is 9.71 Å². The number of rotatable bonds is 5. The van der Waals surface area contributed by atoms with Crippen LogP contribution in [0.3, 0.4) is 0 Å². The minimum Gasteiger partial charge on any atom is -0.480 e. The second-order valence-electron chi connectivity index (χ2n) is 5.71. The van der Waals surface area contributed by atoms with Gasteiger partial charge in [-0.2, -0.15) is 0 Å².